The summed E-state index contributed by atoms with van der Waals surface area (Å²) in [6.45, 7) is 3.95. The molecule has 1 aliphatic rings. The average molecular weight is 260 g/mol. The van der Waals surface area contributed by atoms with E-state index in [1.807, 2.05) is 11.9 Å². The number of carbonyl (C=O) groups is 1. The van der Waals surface area contributed by atoms with Crippen LogP contribution in [0.4, 0.5) is 0 Å². The van der Waals surface area contributed by atoms with E-state index in [1.54, 1.807) is 0 Å². The van der Waals surface area contributed by atoms with E-state index in [4.69, 9.17) is 0 Å². The molecule has 0 bridgehead atoms. The molecule has 3 nitrogen and oxygen atoms in total. The average Bonchev–Trinajstić information content (AvgIpc) is 2.90. The van der Waals surface area contributed by atoms with Crippen LogP contribution in [0.1, 0.15) is 30.4 Å². The molecule has 19 heavy (non-hydrogen) atoms. The molecule has 1 unspecified atom stereocenters. The zero-order valence-corrected chi connectivity index (χ0v) is 12.0. The highest BCUT2D eigenvalue weighted by Gasteiger charge is 2.19. The van der Waals surface area contributed by atoms with E-state index in [2.05, 4.69) is 36.5 Å². The summed E-state index contributed by atoms with van der Waals surface area (Å²) in [4.78, 5) is 13.9. The van der Waals surface area contributed by atoms with Gasteiger partial charge in [0.25, 0.3) is 0 Å². The molecule has 0 saturated carbocycles. The van der Waals surface area contributed by atoms with Crippen molar-refractivity contribution >= 4 is 5.91 Å². The predicted octanol–water partition coefficient (Wildman–Crippen LogP) is 2.14. The Hall–Kier alpha value is -1.35. The van der Waals surface area contributed by atoms with Gasteiger partial charge in [0.15, 0.2) is 0 Å². The molecule has 1 heterocycles. The Kier molecular flexibility index (Phi) is 4.97. The van der Waals surface area contributed by atoms with Crippen LogP contribution in [0, 0.1) is 6.92 Å². The van der Waals surface area contributed by atoms with Crippen molar-refractivity contribution in [3.8, 4) is 0 Å². The highest BCUT2D eigenvalue weighted by molar-refractivity contribution is 5.76. The van der Waals surface area contributed by atoms with Gasteiger partial charge in [0, 0.05) is 26.1 Å². The van der Waals surface area contributed by atoms with Crippen molar-refractivity contribution in [1.82, 2.24) is 10.2 Å². The van der Waals surface area contributed by atoms with E-state index in [-0.39, 0.29) is 5.91 Å². The minimum atomic E-state index is 0.256. The first kappa shape index (κ1) is 14.1. The third kappa shape index (κ3) is 4.35. The maximum absolute atomic E-state index is 12.1. The monoisotopic (exact) mass is 260 g/mol. The van der Waals surface area contributed by atoms with Crippen molar-refractivity contribution in [2.75, 3.05) is 20.1 Å². The van der Waals surface area contributed by atoms with Crippen LogP contribution in [0.15, 0.2) is 24.3 Å². The van der Waals surface area contributed by atoms with E-state index in [0.29, 0.717) is 12.5 Å². The molecule has 1 fully saturated rings. The zero-order chi connectivity index (χ0) is 13.7. The summed E-state index contributed by atoms with van der Waals surface area (Å²) in [6, 6.07) is 8.94. The summed E-state index contributed by atoms with van der Waals surface area (Å²) in [7, 11) is 1.91. The van der Waals surface area contributed by atoms with Crippen LogP contribution >= 0.6 is 0 Å². The summed E-state index contributed by atoms with van der Waals surface area (Å²) in [5.74, 6) is 0.256. The fourth-order valence-electron chi connectivity index (χ4n) is 2.47. The fraction of sp³-hybridized carbons (Fsp3) is 0.562. The predicted molar refractivity (Wildman–Crippen MR) is 78.2 cm³/mol. The highest BCUT2D eigenvalue weighted by Crippen LogP contribution is 2.10. The largest absolute Gasteiger partial charge is 0.345 e. The van der Waals surface area contributed by atoms with Crippen LogP contribution in [0.25, 0.3) is 0 Å². The Morgan fingerprint density at radius 3 is 2.74 bits per heavy atom. The van der Waals surface area contributed by atoms with E-state index >= 15 is 0 Å². The first-order valence-corrected chi connectivity index (χ1v) is 7.18. The van der Waals surface area contributed by atoms with Gasteiger partial charge >= 0.3 is 0 Å². The lowest BCUT2D eigenvalue weighted by atomic mass is 10.1. The lowest BCUT2D eigenvalue weighted by Crippen LogP contribution is -2.34. The molecule has 1 N–H and O–H groups in total. The molecule has 0 radical (unpaired) electrons. The molecule has 3 heteroatoms. The van der Waals surface area contributed by atoms with E-state index in [1.165, 1.54) is 17.5 Å². The fourth-order valence-corrected chi connectivity index (χ4v) is 2.47. The van der Waals surface area contributed by atoms with Crippen molar-refractivity contribution in [3.63, 3.8) is 0 Å². The van der Waals surface area contributed by atoms with Crippen LogP contribution < -0.4 is 5.32 Å². The number of likely N-dealkylation sites (N-methyl/N-ethyl adjacent to an activating group) is 1. The van der Waals surface area contributed by atoms with Crippen molar-refractivity contribution < 1.29 is 4.79 Å². The summed E-state index contributed by atoms with van der Waals surface area (Å²) >= 11 is 0. The molecule has 1 aromatic carbocycles. The SMILES string of the molecule is Cc1ccc(CCN(C)C(=O)CC2CCCN2)cc1. The van der Waals surface area contributed by atoms with Crippen molar-refractivity contribution in [3.05, 3.63) is 35.4 Å². The zero-order valence-electron chi connectivity index (χ0n) is 12.0. The number of hydrogen-bond donors (Lipinski definition) is 1. The van der Waals surface area contributed by atoms with E-state index in [9.17, 15) is 4.79 Å². The van der Waals surface area contributed by atoms with Crippen LogP contribution in [-0.4, -0.2) is 37.0 Å². The second kappa shape index (κ2) is 6.71. The van der Waals surface area contributed by atoms with Gasteiger partial charge in [0.2, 0.25) is 5.91 Å². The molecule has 1 atom stereocenters. The van der Waals surface area contributed by atoms with Crippen LogP contribution in [0.2, 0.25) is 0 Å². The molecule has 0 aromatic heterocycles. The van der Waals surface area contributed by atoms with Gasteiger partial charge in [-0.15, -0.1) is 0 Å². The number of hydrogen-bond acceptors (Lipinski definition) is 2. The molecule has 1 amide bonds. The lowest BCUT2D eigenvalue weighted by Gasteiger charge is -2.19. The highest BCUT2D eigenvalue weighted by atomic mass is 16.2. The molecule has 1 aromatic rings. The summed E-state index contributed by atoms with van der Waals surface area (Å²) in [5.41, 5.74) is 2.57. The number of carbonyl (C=O) groups excluding carboxylic acids is 1. The third-order valence-electron chi connectivity index (χ3n) is 3.87. The normalized spacial score (nSPS) is 18.5. The van der Waals surface area contributed by atoms with Crippen molar-refractivity contribution in [1.29, 1.82) is 0 Å². The standard InChI is InChI=1S/C16H24N2O/c1-13-5-7-14(8-6-13)9-11-18(2)16(19)12-15-4-3-10-17-15/h5-8,15,17H,3-4,9-12H2,1-2H3. The third-order valence-corrected chi connectivity index (χ3v) is 3.87. The molecular formula is C16H24N2O. The second-order valence-electron chi connectivity index (χ2n) is 5.55. The maximum atomic E-state index is 12.1. The first-order valence-electron chi connectivity index (χ1n) is 7.18. The van der Waals surface area contributed by atoms with Gasteiger partial charge in [-0.2, -0.15) is 0 Å². The van der Waals surface area contributed by atoms with Gasteiger partial charge in [-0.1, -0.05) is 29.8 Å². The number of nitrogens with zero attached hydrogens (tertiary/aromatic N) is 1. The van der Waals surface area contributed by atoms with Crippen molar-refractivity contribution in [2.45, 2.75) is 38.6 Å². The molecule has 1 aliphatic heterocycles. The Balaban J connectivity index is 1.75. The summed E-state index contributed by atoms with van der Waals surface area (Å²) in [5, 5.41) is 3.37. The lowest BCUT2D eigenvalue weighted by molar-refractivity contribution is -0.130. The minimum Gasteiger partial charge on any atom is -0.345 e. The van der Waals surface area contributed by atoms with Gasteiger partial charge in [0.1, 0.15) is 0 Å². The van der Waals surface area contributed by atoms with Crippen molar-refractivity contribution in [2.24, 2.45) is 0 Å². The van der Waals surface area contributed by atoms with Gasteiger partial charge < -0.3 is 10.2 Å². The minimum absolute atomic E-state index is 0.256. The molecule has 104 valence electrons. The van der Waals surface area contributed by atoms with E-state index in [0.717, 1.165) is 25.9 Å². The Bertz CT molecular complexity index is 407. The maximum Gasteiger partial charge on any atom is 0.223 e. The number of nitrogens with one attached hydrogen (secondary N) is 1. The smallest absolute Gasteiger partial charge is 0.223 e. The Labute approximate surface area is 116 Å². The molecule has 0 spiro atoms. The molecule has 0 aliphatic carbocycles. The van der Waals surface area contributed by atoms with Crippen LogP contribution in [-0.2, 0) is 11.2 Å². The van der Waals surface area contributed by atoms with Crippen LogP contribution in [0.3, 0.4) is 0 Å². The number of benzene rings is 1. The van der Waals surface area contributed by atoms with E-state index < -0.39 is 0 Å². The summed E-state index contributed by atoms with van der Waals surface area (Å²) < 4.78 is 0. The number of rotatable bonds is 5. The van der Waals surface area contributed by atoms with Gasteiger partial charge in [0.05, 0.1) is 0 Å². The quantitative estimate of drug-likeness (QED) is 0.879. The number of amides is 1. The topological polar surface area (TPSA) is 32.3 Å². The Morgan fingerprint density at radius 1 is 1.37 bits per heavy atom. The number of aryl methyl sites for hydroxylation is 1. The molecule has 2 rings (SSSR count). The molecular weight excluding hydrogens is 236 g/mol. The van der Waals surface area contributed by atoms with Crippen LogP contribution in [0.5, 0.6) is 0 Å². The molecule has 1 saturated heterocycles. The summed E-state index contributed by atoms with van der Waals surface area (Å²) in [6.07, 6.45) is 3.91. The first-order chi connectivity index (χ1) is 9.15. The second-order valence-corrected chi connectivity index (χ2v) is 5.55. The van der Waals surface area contributed by atoms with Gasteiger partial charge in [-0.25, -0.2) is 0 Å². The van der Waals surface area contributed by atoms with Gasteiger partial charge in [-0.05, 0) is 38.3 Å². The Morgan fingerprint density at radius 2 is 2.11 bits per heavy atom. The van der Waals surface area contributed by atoms with Gasteiger partial charge in [-0.3, -0.25) is 4.79 Å².